The number of aryl methyl sites for hydroxylation is 2. The Morgan fingerprint density at radius 2 is 1.18 bits per heavy atom. The van der Waals surface area contributed by atoms with Gasteiger partial charge in [0.25, 0.3) is 0 Å². The molecule has 224 valence electrons. The highest BCUT2D eigenvalue weighted by Crippen LogP contribution is 2.38. The average Bonchev–Trinajstić information content (AvgIpc) is 3.04. The van der Waals surface area contributed by atoms with Crippen molar-refractivity contribution in [2.24, 2.45) is 30.7 Å². The Kier molecular flexibility index (Phi) is 9.39. The number of amides is 1. The second kappa shape index (κ2) is 13.9. The Bertz CT molecular complexity index is 1950. The minimum atomic E-state index is -1.04. The van der Waals surface area contributed by atoms with Crippen LogP contribution in [0.3, 0.4) is 0 Å². The van der Waals surface area contributed by atoms with E-state index < -0.39 is 11.9 Å². The van der Waals surface area contributed by atoms with Crippen LogP contribution in [0.4, 0.5) is 39.8 Å². The third-order valence-corrected chi connectivity index (χ3v) is 6.76. The van der Waals surface area contributed by atoms with Crippen LogP contribution in [0.2, 0.25) is 0 Å². The Morgan fingerprint density at radius 3 is 1.80 bits per heavy atom. The summed E-state index contributed by atoms with van der Waals surface area (Å²) in [5, 5.41) is 49.4. The molecule has 0 heterocycles. The molecule has 0 spiro atoms. The molecule has 0 radical (unpaired) electrons. The molecule has 5 aromatic carbocycles. The smallest absolute Gasteiger partial charge is 0.303 e. The van der Waals surface area contributed by atoms with Crippen LogP contribution >= 0.6 is 0 Å². The summed E-state index contributed by atoms with van der Waals surface area (Å²) in [6.45, 7) is 3.80. The number of nitrogens with one attached hydrogen (secondary N) is 1. The molecular weight excluding hydrogens is 570 g/mol. The summed E-state index contributed by atoms with van der Waals surface area (Å²) >= 11 is 0. The number of benzene rings is 5. The minimum absolute atomic E-state index is 0.0487. The van der Waals surface area contributed by atoms with Crippen LogP contribution in [0.25, 0.3) is 10.8 Å². The number of carboxylic acid groups (broad SMARTS) is 1. The van der Waals surface area contributed by atoms with Gasteiger partial charge >= 0.3 is 5.97 Å². The molecule has 0 aromatic heterocycles. The van der Waals surface area contributed by atoms with Crippen molar-refractivity contribution in [2.75, 3.05) is 5.32 Å². The number of anilines is 1. The van der Waals surface area contributed by atoms with Crippen molar-refractivity contribution in [3.8, 4) is 5.75 Å². The number of carbonyl (C=O) groups excluding carboxylic acids is 1. The van der Waals surface area contributed by atoms with Gasteiger partial charge in [-0.05, 0) is 103 Å². The lowest BCUT2D eigenvalue weighted by Crippen LogP contribution is -2.13. The number of carboxylic acids is 1. The molecule has 0 aliphatic rings. The monoisotopic (exact) mass is 599 g/mol. The van der Waals surface area contributed by atoms with E-state index in [2.05, 4.69) is 36.0 Å². The molecular formula is C34H29N7O4. The molecule has 3 N–H and O–H groups in total. The normalized spacial score (nSPS) is 11.6. The zero-order valence-corrected chi connectivity index (χ0v) is 24.5. The van der Waals surface area contributed by atoms with Gasteiger partial charge < -0.3 is 15.5 Å². The van der Waals surface area contributed by atoms with Crippen molar-refractivity contribution in [1.29, 1.82) is 0 Å². The van der Waals surface area contributed by atoms with Crippen molar-refractivity contribution < 1.29 is 19.8 Å². The van der Waals surface area contributed by atoms with E-state index in [0.717, 1.165) is 16.8 Å². The molecule has 0 aliphatic heterocycles. The predicted octanol–water partition coefficient (Wildman–Crippen LogP) is 10.2. The van der Waals surface area contributed by atoms with Gasteiger partial charge in [-0.3, -0.25) is 9.59 Å². The van der Waals surface area contributed by atoms with Gasteiger partial charge in [-0.2, -0.15) is 25.6 Å². The number of rotatable bonds is 10. The van der Waals surface area contributed by atoms with Gasteiger partial charge in [-0.1, -0.05) is 24.3 Å². The maximum atomic E-state index is 12.0. The average molecular weight is 600 g/mol. The van der Waals surface area contributed by atoms with Crippen LogP contribution in [0.1, 0.15) is 24.0 Å². The summed E-state index contributed by atoms with van der Waals surface area (Å²) in [5.41, 5.74) is 5.95. The van der Waals surface area contributed by atoms with Gasteiger partial charge in [0.2, 0.25) is 5.91 Å². The highest BCUT2D eigenvalue weighted by atomic mass is 16.4. The van der Waals surface area contributed by atoms with Gasteiger partial charge in [0.05, 0.1) is 34.9 Å². The summed E-state index contributed by atoms with van der Waals surface area (Å²) in [7, 11) is 0. The number of aromatic hydroxyl groups is 1. The zero-order valence-electron chi connectivity index (χ0n) is 24.5. The molecule has 0 unspecified atom stereocenters. The molecule has 11 heteroatoms. The van der Waals surface area contributed by atoms with Gasteiger partial charge in [0.15, 0.2) is 5.75 Å². The summed E-state index contributed by atoms with van der Waals surface area (Å²) < 4.78 is 0. The summed E-state index contributed by atoms with van der Waals surface area (Å²) in [6, 6.07) is 28.9. The highest BCUT2D eigenvalue weighted by molar-refractivity contribution is 5.98. The van der Waals surface area contributed by atoms with E-state index in [1.807, 2.05) is 80.6 Å². The number of aliphatic carboxylic acids is 1. The number of carbonyl (C=O) groups is 2. The van der Waals surface area contributed by atoms with Crippen molar-refractivity contribution >= 4 is 62.5 Å². The largest absolute Gasteiger partial charge is 0.505 e. The van der Waals surface area contributed by atoms with Crippen molar-refractivity contribution in [2.45, 2.75) is 26.7 Å². The number of hydrogen-bond donors (Lipinski definition) is 3. The summed E-state index contributed by atoms with van der Waals surface area (Å²) in [6.07, 6.45) is -0.377. The molecule has 45 heavy (non-hydrogen) atoms. The Labute approximate surface area is 258 Å². The molecule has 0 atom stereocenters. The molecule has 0 bridgehead atoms. The van der Waals surface area contributed by atoms with Crippen LogP contribution in [0.15, 0.2) is 128 Å². The van der Waals surface area contributed by atoms with E-state index in [1.165, 1.54) is 0 Å². The second-order valence-corrected chi connectivity index (χ2v) is 10.2. The van der Waals surface area contributed by atoms with Gasteiger partial charge in [-0.25, -0.2) is 0 Å². The summed E-state index contributed by atoms with van der Waals surface area (Å²) in [5.74, 6) is -1.49. The highest BCUT2D eigenvalue weighted by Gasteiger charge is 2.10. The number of phenols is 1. The molecule has 5 rings (SSSR count). The van der Waals surface area contributed by atoms with E-state index in [4.69, 9.17) is 5.11 Å². The van der Waals surface area contributed by atoms with Crippen LogP contribution < -0.4 is 5.32 Å². The first kappa shape index (κ1) is 30.4. The molecule has 0 saturated heterocycles. The second-order valence-electron chi connectivity index (χ2n) is 10.2. The van der Waals surface area contributed by atoms with Crippen molar-refractivity contribution in [1.82, 2.24) is 0 Å². The maximum absolute atomic E-state index is 12.0. The third-order valence-electron chi connectivity index (χ3n) is 6.76. The lowest BCUT2D eigenvalue weighted by atomic mass is 10.1. The SMILES string of the molecule is Cc1cc(N=Nc2ccc3cc(NC(=O)CCC(=O)O)ccc3c2O)c(C)cc1N=Nc1ccc(N=Nc2ccccc2)cc1. The van der Waals surface area contributed by atoms with E-state index in [0.29, 0.717) is 39.2 Å². The fourth-order valence-corrected chi connectivity index (χ4v) is 4.32. The van der Waals surface area contributed by atoms with E-state index in [1.54, 1.807) is 30.3 Å². The number of nitrogens with zero attached hydrogens (tertiary/aromatic N) is 6. The quantitative estimate of drug-likeness (QED) is 0.136. The first-order valence-electron chi connectivity index (χ1n) is 14.0. The number of hydrogen-bond acceptors (Lipinski definition) is 9. The van der Waals surface area contributed by atoms with Crippen LogP contribution in [-0.4, -0.2) is 22.1 Å². The van der Waals surface area contributed by atoms with E-state index >= 15 is 0 Å². The number of fused-ring (bicyclic) bond motifs is 1. The lowest BCUT2D eigenvalue weighted by Gasteiger charge is -2.08. The Hall–Kier alpha value is -6.10. The predicted molar refractivity (Wildman–Crippen MR) is 172 cm³/mol. The zero-order chi connectivity index (χ0) is 31.8. The van der Waals surface area contributed by atoms with Gasteiger partial charge in [0.1, 0.15) is 5.69 Å². The van der Waals surface area contributed by atoms with Gasteiger partial charge in [-0.15, -0.1) is 5.11 Å². The topological polar surface area (TPSA) is 161 Å². The number of azo groups is 3. The molecule has 0 fully saturated rings. The third kappa shape index (κ3) is 8.05. The molecule has 5 aromatic rings. The van der Waals surface area contributed by atoms with Crippen LogP contribution in [0, 0.1) is 13.8 Å². The van der Waals surface area contributed by atoms with E-state index in [9.17, 15) is 14.7 Å². The Balaban J connectivity index is 1.26. The van der Waals surface area contributed by atoms with Gasteiger partial charge in [0, 0.05) is 17.5 Å². The fraction of sp³-hybridized carbons (Fsp3) is 0.118. The Morgan fingerprint density at radius 1 is 0.622 bits per heavy atom. The van der Waals surface area contributed by atoms with Crippen LogP contribution in [0.5, 0.6) is 5.75 Å². The summed E-state index contributed by atoms with van der Waals surface area (Å²) in [4.78, 5) is 22.7. The number of phenolic OH excluding ortho intramolecular Hbond substituents is 1. The maximum Gasteiger partial charge on any atom is 0.303 e. The molecule has 0 aliphatic carbocycles. The van der Waals surface area contributed by atoms with Crippen molar-refractivity contribution in [3.05, 3.63) is 108 Å². The standard InChI is InChI=1S/C34H29N7O4/c1-21-19-31(22(2)18-30(21)40-38-26-11-9-25(10-12-26)37-36-24-6-4-3-5-7-24)41-39-29-15-8-23-20-27(13-14-28(23)34(29)45)35-32(42)16-17-33(43)44/h3-15,18-20,45H,16-17H2,1-2H3,(H,35,42)(H,43,44). The van der Waals surface area contributed by atoms with E-state index in [-0.39, 0.29) is 24.3 Å². The van der Waals surface area contributed by atoms with Crippen molar-refractivity contribution in [3.63, 3.8) is 0 Å². The lowest BCUT2D eigenvalue weighted by molar-refractivity contribution is -0.138. The molecule has 1 amide bonds. The molecule has 11 nitrogen and oxygen atoms in total. The first-order chi connectivity index (χ1) is 21.7. The fourth-order valence-electron chi connectivity index (χ4n) is 4.32. The first-order valence-corrected chi connectivity index (χ1v) is 14.0. The van der Waals surface area contributed by atoms with Crippen LogP contribution in [-0.2, 0) is 9.59 Å². The molecule has 0 saturated carbocycles. The minimum Gasteiger partial charge on any atom is -0.505 e.